The molecule has 1 saturated heterocycles. The number of rotatable bonds is 2. The summed E-state index contributed by atoms with van der Waals surface area (Å²) in [4.78, 5) is 17.1. The summed E-state index contributed by atoms with van der Waals surface area (Å²) in [6.45, 7) is 1.90. The van der Waals surface area contributed by atoms with E-state index in [1.165, 1.54) is 23.8 Å². The van der Waals surface area contributed by atoms with E-state index in [2.05, 4.69) is 27.9 Å². The van der Waals surface area contributed by atoms with Gasteiger partial charge in [-0.1, -0.05) is 0 Å². The molecule has 3 heterocycles. The summed E-state index contributed by atoms with van der Waals surface area (Å²) in [6.07, 6.45) is 7.46. The third-order valence-corrected chi connectivity index (χ3v) is 4.78. The summed E-state index contributed by atoms with van der Waals surface area (Å²) < 4.78 is 2.05. The van der Waals surface area contributed by atoms with Crippen LogP contribution in [0.3, 0.4) is 0 Å². The van der Waals surface area contributed by atoms with Crippen LogP contribution in [0.2, 0.25) is 0 Å². The number of carbonyl (C=O) groups excluding carboxylic acids is 1. The molecule has 1 saturated carbocycles. The number of likely N-dealkylation sites (tertiary alicyclic amines) is 1. The fraction of sp³-hybridized carbons (Fsp3) is 0.467. The number of hydrogen-bond donors (Lipinski definition) is 0. The van der Waals surface area contributed by atoms with Gasteiger partial charge >= 0.3 is 0 Å². The minimum absolute atomic E-state index is 0.428. The van der Waals surface area contributed by atoms with Crippen LogP contribution in [-0.4, -0.2) is 34.0 Å². The number of amides is 1. The summed E-state index contributed by atoms with van der Waals surface area (Å²) in [6, 6.07) is 4.40. The predicted molar refractivity (Wildman–Crippen MR) is 72.8 cm³/mol. The molecule has 2 aromatic rings. The molecule has 1 amide bonds. The maximum atomic E-state index is 10.6. The van der Waals surface area contributed by atoms with Gasteiger partial charge in [-0.25, -0.2) is 4.98 Å². The van der Waals surface area contributed by atoms with Crippen LogP contribution in [0.5, 0.6) is 0 Å². The standard InChI is InChI=1S/C15H17N3O/c1-17-3-2-11-4-12(7-16-14(11)17)13-5-15(6-13)8-18(9-15)10-19/h2-4,7,10,13H,5-6,8-9H2,1H3. The molecule has 0 aromatic carbocycles. The van der Waals surface area contributed by atoms with E-state index in [-0.39, 0.29) is 0 Å². The quantitative estimate of drug-likeness (QED) is 0.769. The molecule has 4 heteroatoms. The van der Waals surface area contributed by atoms with Crippen LogP contribution in [0.4, 0.5) is 0 Å². The van der Waals surface area contributed by atoms with E-state index >= 15 is 0 Å². The lowest BCUT2D eigenvalue weighted by Crippen LogP contribution is -2.60. The highest BCUT2D eigenvalue weighted by Crippen LogP contribution is 2.55. The lowest BCUT2D eigenvalue weighted by atomic mass is 9.56. The molecule has 1 aliphatic carbocycles. The molecule has 4 nitrogen and oxygen atoms in total. The monoisotopic (exact) mass is 255 g/mol. The van der Waals surface area contributed by atoms with E-state index in [1.807, 2.05) is 18.1 Å². The molecule has 1 spiro atoms. The van der Waals surface area contributed by atoms with Crippen LogP contribution in [0.25, 0.3) is 11.0 Å². The minimum atomic E-state index is 0.428. The van der Waals surface area contributed by atoms with Crippen molar-refractivity contribution in [3.63, 3.8) is 0 Å². The van der Waals surface area contributed by atoms with Gasteiger partial charge in [0, 0.05) is 43.3 Å². The zero-order valence-electron chi connectivity index (χ0n) is 11.0. The van der Waals surface area contributed by atoms with Gasteiger partial charge in [0.15, 0.2) is 0 Å². The van der Waals surface area contributed by atoms with Gasteiger partial charge < -0.3 is 9.47 Å². The Kier molecular flexibility index (Phi) is 2.08. The molecule has 0 N–H and O–H groups in total. The average molecular weight is 255 g/mol. The van der Waals surface area contributed by atoms with Gasteiger partial charge in [-0.3, -0.25) is 4.79 Å². The second-order valence-corrected chi connectivity index (χ2v) is 6.22. The summed E-state index contributed by atoms with van der Waals surface area (Å²) in [5.74, 6) is 0.630. The van der Waals surface area contributed by atoms with Crippen LogP contribution >= 0.6 is 0 Å². The van der Waals surface area contributed by atoms with Crippen molar-refractivity contribution in [3.05, 3.63) is 30.1 Å². The minimum Gasteiger partial charge on any atom is -0.344 e. The summed E-state index contributed by atoms with van der Waals surface area (Å²) in [5, 5.41) is 1.23. The second kappa shape index (κ2) is 3.59. The normalized spacial score (nSPS) is 21.4. The Hall–Kier alpha value is -1.84. The Bertz CT molecular complexity index is 646. The zero-order valence-corrected chi connectivity index (χ0v) is 11.0. The lowest BCUT2D eigenvalue weighted by Gasteiger charge is -2.58. The molecular weight excluding hydrogens is 238 g/mol. The van der Waals surface area contributed by atoms with Crippen molar-refractivity contribution in [3.8, 4) is 0 Å². The summed E-state index contributed by atoms with van der Waals surface area (Å²) >= 11 is 0. The number of carbonyl (C=O) groups is 1. The molecule has 1 aliphatic heterocycles. The molecule has 0 unspecified atom stereocenters. The fourth-order valence-electron chi connectivity index (χ4n) is 3.76. The Morgan fingerprint density at radius 2 is 2.21 bits per heavy atom. The number of hydrogen-bond acceptors (Lipinski definition) is 2. The van der Waals surface area contributed by atoms with E-state index in [1.54, 1.807) is 0 Å². The first-order chi connectivity index (χ1) is 9.19. The number of pyridine rings is 1. The molecule has 0 atom stereocenters. The van der Waals surface area contributed by atoms with Gasteiger partial charge in [0.25, 0.3) is 0 Å². The highest BCUT2D eigenvalue weighted by molar-refractivity contribution is 5.76. The van der Waals surface area contributed by atoms with Crippen LogP contribution in [-0.2, 0) is 11.8 Å². The van der Waals surface area contributed by atoms with E-state index in [0.717, 1.165) is 25.1 Å². The first kappa shape index (κ1) is 11.0. The van der Waals surface area contributed by atoms with E-state index < -0.39 is 0 Å². The van der Waals surface area contributed by atoms with Crippen molar-refractivity contribution < 1.29 is 4.79 Å². The molecular formula is C15H17N3O. The highest BCUT2D eigenvalue weighted by Gasteiger charge is 2.52. The number of aromatic nitrogens is 2. The molecule has 2 aromatic heterocycles. The Morgan fingerprint density at radius 1 is 1.42 bits per heavy atom. The van der Waals surface area contributed by atoms with Gasteiger partial charge in [0.1, 0.15) is 5.65 Å². The first-order valence-electron chi connectivity index (χ1n) is 6.79. The van der Waals surface area contributed by atoms with E-state index in [4.69, 9.17) is 0 Å². The molecule has 0 bridgehead atoms. The third-order valence-electron chi connectivity index (χ3n) is 4.78. The zero-order chi connectivity index (χ0) is 13.0. The van der Waals surface area contributed by atoms with Crippen molar-refractivity contribution in [1.82, 2.24) is 14.5 Å². The lowest BCUT2D eigenvalue weighted by molar-refractivity contribution is -0.137. The molecule has 0 radical (unpaired) electrons. The van der Waals surface area contributed by atoms with Gasteiger partial charge in [-0.2, -0.15) is 0 Å². The second-order valence-electron chi connectivity index (χ2n) is 6.22. The van der Waals surface area contributed by atoms with Crippen molar-refractivity contribution in [2.75, 3.05) is 13.1 Å². The van der Waals surface area contributed by atoms with E-state index in [0.29, 0.717) is 11.3 Å². The third kappa shape index (κ3) is 1.52. The van der Waals surface area contributed by atoms with Gasteiger partial charge in [0.05, 0.1) is 0 Å². The van der Waals surface area contributed by atoms with Crippen molar-refractivity contribution in [2.45, 2.75) is 18.8 Å². The maximum Gasteiger partial charge on any atom is 0.209 e. The molecule has 2 fully saturated rings. The van der Waals surface area contributed by atoms with E-state index in [9.17, 15) is 4.79 Å². The van der Waals surface area contributed by atoms with Crippen LogP contribution < -0.4 is 0 Å². The van der Waals surface area contributed by atoms with Crippen LogP contribution in [0.15, 0.2) is 24.5 Å². The SMILES string of the molecule is Cn1ccc2cc(C3CC4(C3)CN(C=O)C4)cnc21. The van der Waals surface area contributed by atoms with Crippen LogP contribution in [0, 0.1) is 5.41 Å². The Balaban J connectivity index is 1.52. The number of nitrogens with zero attached hydrogens (tertiary/aromatic N) is 3. The summed E-state index contributed by atoms with van der Waals surface area (Å²) in [5.41, 5.74) is 2.83. The average Bonchev–Trinajstić information content (AvgIpc) is 2.68. The summed E-state index contributed by atoms with van der Waals surface area (Å²) in [7, 11) is 2.02. The van der Waals surface area contributed by atoms with Crippen molar-refractivity contribution >= 4 is 17.4 Å². The van der Waals surface area contributed by atoms with Crippen molar-refractivity contribution in [1.29, 1.82) is 0 Å². The van der Waals surface area contributed by atoms with Gasteiger partial charge in [-0.05, 0) is 36.5 Å². The maximum absolute atomic E-state index is 10.6. The van der Waals surface area contributed by atoms with Crippen molar-refractivity contribution in [2.24, 2.45) is 12.5 Å². The molecule has 4 rings (SSSR count). The molecule has 98 valence electrons. The smallest absolute Gasteiger partial charge is 0.209 e. The first-order valence-corrected chi connectivity index (χ1v) is 6.79. The molecule has 19 heavy (non-hydrogen) atoms. The predicted octanol–water partition coefficient (Wildman–Crippen LogP) is 1.91. The van der Waals surface area contributed by atoms with Gasteiger partial charge in [-0.15, -0.1) is 0 Å². The highest BCUT2D eigenvalue weighted by atomic mass is 16.1. The topological polar surface area (TPSA) is 38.1 Å². The fourth-order valence-corrected chi connectivity index (χ4v) is 3.76. The Labute approximate surface area is 112 Å². The van der Waals surface area contributed by atoms with Crippen LogP contribution in [0.1, 0.15) is 24.3 Å². The van der Waals surface area contributed by atoms with Gasteiger partial charge in [0.2, 0.25) is 6.41 Å². The number of fused-ring (bicyclic) bond motifs is 1. The molecule has 2 aliphatic rings. The Morgan fingerprint density at radius 3 is 2.95 bits per heavy atom. The largest absolute Gasteiger partial charge is 0.344 e. The number of aryl methyl sites for hydroxylation is 1.